The smallest absolute Gasteiger partial charge is 0.00791 e. The van der Waals surface area contributed by atoms with Gasteiger partial charge in [0.15, 0.2) is 0 Å². The summed E-state index contributed by atoms with van der Waals surface area (Å²) in [6.07, 6.45) is 36.9. The Balaban J connectivity index is 1.22. The Morgan fingerprint density at radius 1 is 0.425 bits per heavy atom. The van der Waals surface area contributed by atoms with E-state index in [0.717, 1.165) is 11.8 Å². The van der Waals surface area contributed by atoms with Gasteiger partial charge in [0.25, 0.3) is 0 Å². The zero-order chi connectivity index (χ0) is 28.1. The summed E-state index contributed by atoms with van der Waals surface area (Å²) in [6, 6.07) is 9.88. The van der Waals surface area contributed by atoms with Crippen LogP contribution in [-0.2, 0) is 12.8 Å². The third kappa shape index (κ3) is 14.0. The van der Waals surface area contributed by atoms with Crippen molar-refractivity contribution in [2.45, 2.75) is 193 Å². The van der Waals surface area contributed by atoms with Crippen LogP contribution in [0.25, 0.3) is 0 Å². The third-order valence-corrected chi connectivity index (χ3v) is 12.1. The van der Waals surface area contributed by atoms with Gasteiger partial charge < -0.3 is 0 Å². The minimum Gasteiger partial charge on any atom is -0.145 e. The van der Waals surface area contributed by atoms with E-state index in [1.165, 1.54) is 167 Å². The molecule has 2 heteroatoms. The largest absolute Gasteiger partial charge is 0.145 e. The number of hydrogen-bond donors (Lipinski definition) is 0. The average molecular weight is 585 g/mol. The zero-order valence-electron chi connectivity index (χ0n) is 26.7. The van der Waals surface area contributed by atoms with Crippen LogP contribution in [0.2, 0.25) is 0 Å². The van der Waals surface area contributed by atoms with Crippen molar-refractivity contribution in [1.82, 2.24) is 0 Å². The van der Waals surface area contributed by atoms with E-state index in [2.05, 4.69) is 60.8 Å². The molecule has 2 heterocycles. The molecule has 1 fully saturated rings. The lowest BCUT2D eigenvalue weighted by molar-refractivity contribution is 0.403. The number of hydrogen-bond acceptors (Lipinski definition) is 2. The van der Waals surface area contributed by atoms with Crippen molar-refractivity contribution < 1.29 is 0 Å². The fourth-order valence-electron chi connectivity index (χ4n) is 6.73. The molecule has 0 aliphatic heterocycles. The first-order valence-electron chi connectivity index (χ1n) is 18.0. The fraction of sp³-hybridized carbons (Fsp3) is 0.789. The Morgan fingerprint density at radius 2 is 0.725 bits per heavy atom. The number of thiophene rings is 2. The standard InChI is InChI=1S/C38H64S2/c1-3-5-7-9-11-13-15-17-19-21-23-35-29-31-37(39-35)33-25-27-34(28-26-33)38-32-30-36(40-38)24-22-20-18-16-14-12-10-8-6-4-2/h29-34H,3-28H2,1-2H3. The van der Waals surface area contributed by atoms with Crippen molar-refractivity contribution in [1.29, 1.82) is 0 Å². The fourth-order valence-corrected chi connectivity index (χ4v) is 9.18. The second-order valence-corrected chi connectivity index (χ2v) is 15.4. The molecule has 0 nitrogen and oxygen atoms in total. The lowest BCUT2D eigenvalue weighted by Gasteiger charge is -2.27. The third-order valence-electron chi connectivity index (χ3n) is 9.45. The highest BCUT2D eigenvalue weighted by atomic mass is 32.1. The van der Waals surface area contributed by atoms with Gasteiger partial charge in [0.2, 0.25) is 0 Å². The lowest BCUT2D eigenvalue weighted by Crippen LogP contribution is -2.10. The Morgan fingerprint density at radius 3 is 1.05 bits per heavy atom. The van der Waals surface area contributed by atoms with Crippen LogP contribution in [0.15, 0.2) is 24.3 Å². The van der Waals surface area contributed by atoms with Crippen LogP contribution in [0.5, 0.6) is 0 Å². The van der Waals surface area contributed by atoms with Crippen molar-refractivity contribution in [2.24, 2.45) is 0 Å². The predicted octanol–water partition coefficient (Wildman–Crippen LogP) is 14.2. The van der Waals surface area contributed by atoms with Crippen molar-refractivity contribution >= 4 is 22.7 Å². The first kappa shape index (κ1) is 33.9. The maximum Gasteiger partial charge on any atom is 0.00791 e. The molecule has 0 saturated heterocycles. The molecular weight excluding hydrogens is 521 g/mol. The van der Waals surface area contributed by atoms with E-state index in [4.69, 9.17) is 0 Å². The first-order valence-corrected chi connectivity index (χ1v) is 19.6. The van der Waals surface area contributed by atoms with Gasteiger partial charge >= 0.3 is 0 Å². The Bertz CT molecular complexity index is 767. The number of unbranched alkanes of at least 4 members (excludes halogenated alkanes) is 18. The molecule has 0 aromatic carbocycles. The van der Waals surface area contributed by atoms with E-state index in [1.807, 2.05) is 0 Å². The zero-order valence-corrected chi connectivity index (χ0v) is 28.3. The van der Waals surface area contributed by atoms with Crippen LogP contribution in [0.4, 0.5) is 0 Å². The molecular formula is C38H64S2. The molecule has 2 aromatic heterocycles. The number of rotatable bonds is 24. The summed E-state index contributed by atoms with van der Waals surface area (Å²) in [6.45, 7) is 4.61. The molecule has 1 aliphatic carbocycles. The van der Waals surface area contributed by atoms with Crippen molar-refractivity contribution in [2.75, 3.05) is 0 Å². The van der Waals surface area contributed by atoms with Crippen molar-refractivity contribution in [3.05, 3.63) is 43.8 Å². The van der Waals surface area contributed by atoms with Gasteiger partial charge in [-0.15, -0.1) is 22.7 Å². The van der Waals surface area contributed by atoms with Gasteiger partial charge in [0.05, 0.1) is 0 Å². The molecule has 0 unspecified atom stereocenters. The highest BCUT2D eigenvalue weighted by Gasteiger charge is 2.25. The second-order valence-electron chi connectivity index (χ2n) is 13.0. The molecule has 228 valence electrons. The van der Waals surface area contributed by atoms with Crippen LogP contribution in [0.1, 0.15) is 199 Å². The molecule has 1 saturated carbocycles. The van der Waals surface area contributed by atoms with E-state index in [9.17, 15) is 0 Å². The number of aryl methyl sites for hydroxylation is 2. The minimum absolute atomic E-state index is 0.828. The van der Waals surface area contributed by atoms with Gasteiger partial charge in [-0.1, -0.05) is 129 Å². The first-order chi connectivity index (χ1) is 19.8. The summed E-state index contributed by atoms with van der Waals surface area (Å²) in [5, 5.41) is 0. The maximum absolute atomic E-state index is 2.48. The Kier molecular flexibility index (Phi) is 18.7. The molecule has 0 radical (unpaired) electrons. The van der Waals surface area contributed by atoms with Gasteiger partial charge in [0, 0.05) is 19.5 Å². The van der Waals surface area contributed by atoms with Gasteiger partial charge in [-0.3, -0.25) is 0 Å². The molecule has 2 aromatic rings. The van der Waals surface area contributed by atoms with Gasteiger partial charge in [-0.25, -0.2) is 0 Å². The van der Waals surface area contributed by atoms with Crippen LogP contribution in [-0.4, -0.2) is 0 Å². The molecule has 0 atom stereocenters. The van der Waals surface area contributed by atoms with Crippen molar-refractivity contribution in [3.8, 4) is 0 Å². The van der Waals surface area contributed by atoms with Gasteiger partial charge in [-0.2, -0.15) is 0 Å². The van der Waals surface area contributed by atoms with E-state index in [0.29, 0.717) is 0 Å². The summed E-state index contributed by atoms with van der Waals surface area (Å²) >= 11 is 4.29. The normalized spacial score (nSPS) is 17.6. The van der Waals surface area contributed by atoms with Gasteiger partial charge in [-0.05, 0) is 87.5 Å². The molecule has 0 N–H and O–H groups in total. The Hall–Kier alpha value is -0.600. The van der Waals surface area contributed by atoms with Crippen LogP contribution in [0.3, 0.4) is 0 Å². The maximum atomic E-state index is 2.48. The quantitative estimate of drug-likeness (QED) is 0.108. The van der Waals surface area contributed by atoms with E-state index in [1.54, 1.807) is 19.5 Å². The van der Waals surface area contributed by atoms with Crippen molar-refractivity contribution in [3.63, 3.8) is 0 Å². The molecule has 0 amide bonds. The van der Waals surface area contributed by atoms with Gasteiger partial charge in [0.1, 0.15) is 0 Å². The molecule has 40 heavy (non-hydrogen) atoms. The summed E-state index contributed by atoms with van der Waals surface area (Å²) in [5.74, 6) is 1.66. The van der Waals surface area contributed by atoms with Crippen LogP contribution in [0, 0.1) is 0 Å². The monoisotopic (exact) mass is 584 g/mol. The molecule has 0 spiro atoms. The second kappa shape index (κ2) is 22.0. The highest BCUT2D eigenvalue weighted by Crippen LogP contribution is 2.44. The SMILES string of the molecule is CCCCCCCCCCCCc1ccc(C2CCC(c3ccc(CCCCCCCCCCCC)s3)CC2)s1. The van der Waals surface area contributed by atoms with E-state index in [-0.39, 0.29) is 0 Å². The van der Waals surface area contributed by atoms with E-state index >= 15 is 0 Å². The Labute approximate surface area is 258 Å². The summed E-state index contributed by atoms with van der Waals surface area (Å²) < 4.78 is 0. The summed E-state index contributed by atoms with van der Waals surface area (Å²) in [7, 11) is 0. The van der Waals surface area contributed by atoms with Crippen LogP contribution >= 0.6 is 22.7 Å². The minimum atomic E-state index is 0.828. The highest BCUT2D eigenvalue weighted by molar-refractivity contribution is 7.12. The molecule has 1 aliphatic rings. The van der Waals surface area contributed by atoms with Crippen LogP contribution < -0.4 is 0 Å². The summed E-state index contributed by atoms with van der Waals surface area (Å²) in [5.41, 5.74) is 0. The average Bonchev–Trinajstić information content (AvgIpc) is 3.65. The van der Waals surface area contributed by atoms with E-state index < -0.39 is 0 Å². The topological polar surface area (TPSA) is 0 Å². The summed E-state index contributed by atoms with van der Waals surface area (Å²) in [4.78, 5) is 6.67. The lowest BCUT2D eigenvalue weighted by atomic mass is 9.81. The molecule has 3 rings (SSSR count). The predicted molar refractivity (Wildman–Crippen MR) is 184 cm³/mol. The molecule has 0 bridgehead atoms.